The fraction of sp³-hybridized carbons (Fsp3) is 0.300. The molecule has 2 rings (SSSR count). The van der Waals surface area contributed by atoms with E-state index in [1.165, 1.54) is 19.2 Å². The van der Waals surface area contributed by atoms with Gasteiger partial charge in [-0.2, -0.15) is 0 Å². The van der Waals surface area contributed by atoms with Crippen LogP contribution in [0.4, 0.5) is 0 Å². The topological polar surface area (TPSA) is 87.7 Å². The molecule has 6 heteroatoms. The molecule has 0 saturated heterocycles. The standard InChI is InChI=1S/C20H24N2O4/c1-4-13(2)22-19(24)15-7-5-6-14(10-15)12-21-20(25)17-9-8-16(26-3)11-18(17)23/h5-11,13,23H,4,12H2,1-3H3,(H,21,25)(H,22,24). The lowest BCUT2D eigenvalue weighted by Crippen LogP contribution is -2.32. The van der Waals surface area contributed by atoms with Gasteiger partial charge >= 0.3 is 0 Å². The van der Waals surface area contributed by atoms with Crippen molar-refractivity contribution < 1.29 is 19.4 Å². The fourth-order valence-corrected chi connectivity index (χ4v) is 2.34. The SMILES string of the molecule is CCC(C)NC(=O)c1cccc(CNC(=O)c2ccc(OC)cc2O)c1. The van der Waals surface area contributed by atoms with Crippen LogP contribution in [0.25, 0.3) is 0 Å². The number of amides is 2. The normalized spacial score (nSPS) is 11.5. The molecule has 0 aliphatic carbocycles. The molecule has 0 aliphatic rings. The van der Waals surface area contributed by atoms with Gasteiger partial charge in [0.15, 0.2) is 0 Å². The van der Waals surface area contributed by atoms with Crippen LogP contribution in [0.5, 0.6) is 11.5 Å². The molecule has 26 heavy (non-hydrogen) atoms. The van der Waals surface area contributed by atoms with Crippen molar-refractivity contribution >= 4 is 11.8 Å². The van der Waals surface area contributed by atoms with Crippen LogP contribution in [-0.2, 0) is 6.54 Å². The Morgan fingerprint density at radius 3 is 2.58 bits per heavy atom. The number of methoxy groups -OCH3 is 1. The average Bonchev–Trinajstić information content (AvgIpc) is 2.65. The number of benzene rings is 2. The molecule has 0 aliphatic heterocycles. The number of phenolic OH excluding ortho intramolecular Hbond substituents is 1. The minimum atomic E-state index is -0.403. The number of rotatable bonds is 7. The fourth-order valence-electron chi connectivity index (χ4n) is 2.34. The lowest BCUT2D eigenvalue weighted by molar-refractivity contribution is 0.0936. The summed E-state index contributed by atoms with van der Waals surface area (Å²) in [6.07, 6.45) is 0.854. The first-order valence-corrected chi connectivity index (χ1v) is 8.49. The zero-order valence-corrected chi connectivity index (χ0v) is 15.2. The Hall–Kier alpha value is -3.02. The predicted octanol–water partition coefficient (Wildman–Crippen LogP) is 2.86. The molecule has 0 aromatic heterocycles. The smallest absolute Gasteiger partial charge is 0.255 e. The Balaban J connectivity index is 2.02. The molecular formula is C20H24N2O4. The molecule has 138 valence electrons. The van der Waals surface area contributed by atoms with Crippen LogP contribution in [-0.4, -0.2) is 30.1 Å². The number of hydrogen-bond donors (Lipinski definition) is 3. The maximum atomic E-state index is 12.3. The van der Waals surface area contributed by atoms with Crippen LogP contribution in [0.2, 0.25) is 0 Å². The van der Waals surface area contributed by atoms with Crippen molar-refractivity contribution in [3.05, 3.63) is 59.2 Å². The summed E-state index contributed by atoms with van der Waals surface area (Å²) in [7, 11) is 1.49. The summed E-state index contributed by atoms with van der Waals surface area (Å²) in [5.74, 6) is -0.220. The van der Waals surface area contributed by atoms with E-state index in [-0.39, 0.29) is 29.8 Å². The van der Waals surface area contributed by atoms with Crippen LogP contribution >= 0.6 is 0 Å². The largest absolute Gasteiger partial charge is 0.507 e. The van der Waals surface area contributed by atoms with Crippen molar-refractivity contribution in [2.45, 2.75) is 32.9 Å². The number of hydrogen-bond acceptors (Lipinski definition) is 4. The van der Waals surface area contributed by atoms with Crippen molar-refractivity contribution in [1.82, 2.24) is 10.6 Å². The summed E-state index contributed by atoms with van der Waals surface area (Å²) < 4.78 is 5.00. The van der Waals surface area contributed by atoms with Gasteiger partial charge in [-0.3, -0.25) is 9.59 Å². The van der Waals surface area contributed by atoms with Gasteiger partial charge in [0.2, 0.25) is 0 Å². The van der Waals surface area contributed by atoms with Gasteiger partial charge in [0.25, 0.3) is 11.8 Å². The van der Waals surface area contributed by atoms with Crippen LogP contribution in [0.3, 0.4) is 0 Å². The molecule has 2 amide bonds. The zero-order chi connectivity index (χ0) is 19.1. The molecule has 0 fully saturated rings. The molecule has 0 heterocycles. The molecular weight excluding hydrogens is 332 g/mol. The molecule has 0 spiro atoms. The molecule has 0 saturated carbocycles. The first-order chi connectivity index (χ1) is 12.4. The van der Waals surface area contributed by atoms with Crippen LogP contribution in [0.15, 0.2) is 42.5 Å². The lowest BCUT2D eigenvalue weighted by atomic mass is 10.1. The first-order valence-electron chi connectivity index (χ1n) is 8.49. The van der Waals surface area contributed by atoms with E-state index in [1.807, 2.05) is 19.9 Å². The molecule has 2 aromatic carbocycles. The summed E-state index contributed by atoms with van der Waals surface area (Å²) in [5.41, 5.74) is 1.50. The Kier molecular flexibility index (Phi) is 6.60. The predicted molar refractivity (Wildman–Crippen MR) is 99.5 cm³/mol. The highest BCUT2D eigenvalue weighted by Crippen LogP contribution is 2.23. The van der Waals surface area contributed by atoms with Crippen molar-refractivity contribution in [2.24, 2.45) is 0 Å². The van der Waals surface area contributed by atoms with Crippen LogP contribution in [0, 0.1) is 0 Å². The zero-order valence-electron chi connectivity index (χ0n) is 15.2. The number of aromatic hydroxyl groups is 1. The van der Waals surface area contributed by atoms with E-state index in [0.717, 1.165) is 12.0 Å². The molecule has 6 nitrogen and oxygen atoms in total. The highest BCUT2D eigenvalue weighted by molar-refractivity contribution is 5.97. The summed E-state index contributed by atoms with van der Waals surface area (Å²) >= 11 is 0. The Bertz CT molecular complexity index is 789. The van der Waals surface area contributed by atoms with Crippen molar-refractivity contribution in [2.75, 3.05) is 7.11 Å². The van der Waals surface area contributed by atoms with E-state index in [9.17, 15) is 14.7 Å². The van der Waals surface area contributed by atoms with Gasteiger partial charge in [-0.1, -0.05) is 19.1 Å². The maximum Gasteiger partial charge on any atom is 0.255 e. The van der Waals surface area contributed by atoms with Crippen molar-refractivity contribution in [3.63, 3.8) is 0 Å². The Morgan fingerprint density at radius 2 is 1.92 bits per heavy atom. The number of phenols is 1. The van der Waals surface area contributed by atoms with Crippen molar-refractivity contribution in [1.29, 1.82) is 0 Å². The van der Waals surface area contributed by atoms with Gasteiger partial charge in [-0.25, -0.2) is 0 Å². The Labute approximate surface area is 153 Å². The lowest BCUT2D eigenvalue weighted by Gasteiger charge is -2.12. The maximum absolute atomic E-state index is 12.3. The minimum absolute atomic E-state index is 0.101. The van der Waals surface area contributed by atoms with Gasteiger partial charge in [-0.15, -0.1) is 0 Å². The van der Waals surface area contributed by atoms with Crippen molar-refractivity contribution in [3.8, 4) is 11.5 Å². The van der Waals surface area contributed by atoms with Gasteiger partial charge in [0.1, 0.15) is 11.5 Å². The average molecular weight is 356 g/mol. The van der Waals surface area contributed by atoms with Gasteiger partial charge in [0.05, 0.1) is 12.7 Å². The van der Waals surface area contributed by atoms with Crippen LogP contribution in [0.1, 0.15) is 46.5 Å². The van der Waals surface area contributed by atoms with Gasteiger partial charge in [-0.05, 0) is 43.2 Å². The van der Waals surface area contributed by atoms with E-state index in [0.29, 0.717) is 11.3 Å². The number of nitrogens with one attached hydrogen (secondary N) is 2. The minimum Gasteiger partial charge on any atom is -0.507 e. The Morgan fingerprint density at radius 1 is 1.15 bits per heavy atom. The number of carbonyl (C=O) groups is 2. The monoisotopic (exact) mass is 356 g/mol. The van der Waals surface area contributed by atoms with Crippen LogP contribution < -0.4 is 15.4 Å². The summed E-state index contributed by atoms with van der Waals surface area (Å²) in [5, 5.41) is 15.6. The quantitative estimate of drug-likeness (QED) is 0.712. The van der Waals surface area contributed by atoms with E-state index < -0.39 is 5.91 Å². The van der Waals surface area contributed by atoms with E-state index >= 15 is 0 Å². The highest BCUT2D eigenvalue weighted by Gasteiger charge is 2.13. The summed E-state index contributed by atoms with van der Waals surface area (Å²) in [4.78, 5) is 24.4. The third kappa shape index (κ3) is 4.99. The van der Waals surface area contributed by atoms with E-state index in [4.69, 9.17) is 4.74 Å². The third-order valence-corrected chi connectivity index (χ3v) is 4.08. The molecule has 3 N–H and O–H groups in total. The number of ether oxygens (including phenoxy) is 1. The third-order valence-electron chi connectivity index (χ3n) is 4.08. The molecule has 1 atom stereocenters. The molecule has 2 aromatic rings. The first kappa shape index (κ1) is 19.3. The summed E-state index contributed by atoms with van der Waals surface area (Å²) in [6, 6.07) is 11.7. The number of carbonyl (C=O) groups excluding carboxylic acids is 2. The highest BCUT2D eigenvalue weighted by atomic mass is 16.5. The second-order valence-corrected chi connectivity index (χ2v) is 6.05. The molecule has 0 radical (unpaired) electrons. The van der Waals surface area contributed by atoms with E-state index in [2.05, 4.69) is 10.6 Å². The summed E-state index contributed by atoms with van der Waals surface area (Å²) in [6.45, 7) is 4.20. The molecule has 1 unspecified atom stereocenters. The second kappa shape index (κ2) is 8.89. The second-order valence-electron chi connectivity index (χ2n) is 6.05. The molecule has 0 bridgehead atoms. The van der Waals surface area contributed by atoms with Gasteiger partial charge in [0, 0.05) is 24.2 Å². The van der Waals surface area contributed by atoms with E-state index in [1.54, 1.807) is 24.3 Å². The van der Waals surface area contributed by atoms with Gasteiger partial charge < -0.3 is 20.5 Å².